The van der Waals surface area contributed by atoms with E-state index in [4.69, 9.17) is 9.26 Å². The Labute approximate surface area is 144 Å². The molecule has 5 nitrogen and oxygen atoms in total. The molecule has 1 aliphatic heterocycles. The summed E-state index contributed by atoms with van der Waals surface area (Å²) in [5, 5.41) is 15.2. The number of rotatable bonds is 4. The van der Waals surface area contributed by atoms with Crippen molar-refractivity contribution in [2.75, 3.05) is 26.3 Å². The molecule has 0 amide bonds. The highest BCUT2D eigenvalue weighted by molar-refractivity contribution is 5.84. The minimum absolute atomic E-state index is 0.188. The van der Waals surface area contributed by atoms with E-state index in [0.717, 1.165) is 18.5 Å². The van der Waals surface area contributed by atoms with Crippen molar-refractivity contribution in [3.05, 3.63) is 59.0 Å². The minimum atomic E-state index is -0.258. The SMILES string of the molecule is Oc1ccc2c(Cc3ccccc3F)noc2c1CN1CCOCC1. The summed E-state index contributed by atoms with van der Waals surface area (Å²) in [6.45, 7) is 3.57. The topological polar surface area (TPSA) is 58.7 Å². The first-order valence-corrected chi connectivity index (χ1v) is 8.35. The second-order valence-electron chi connectivity index (χ2n) is 6.23. The Balaban J connectivity index is 1.67. The summed E-state index contributed by atoms with van der Waals surface area (Å²) >= 11 is 0. The number of halogens is 1. The van der Waals surface area contributed by atoms with E-state index < -0.39 is 0 Å². The van der Waals surface area contributed by atoms with Crippen LogP contribution in [0.4, 0.5) is 4.39 Å². The van der Waals surface area contributed by atoms with E-state index in [-0.39, 0.29) is 11.6 Å². The first-order valence-electron chi connectivity index (χ1n) is 8.35. The van der Waals surface area contributed by atoms with Gasteiger partial charge >= 0.3 is 0 Å². The average Bonchev–Trinajstić information content (AvgIpc) is 3.03. The van der Waals surface area contributed by atoms with Crippen molar-refractivity contribution >= 4 is 11.0 Å². The summed E-state index contributed by atoms with van der Waals surface area (Å²) in [4.78, 5) is 2.21. The van der Waals surface area contributed by atoms with Crippen LogP contribution in [-0.2, 0) is 17.7 Å². The lowest BCUT2D eigenvalue weighted by Gasteiger charge is -2.26. The third-order valence-electron chi connectivity index (χ3n) is 4.59. The molecule has 0 spiro atoms. The van der Waals surface area contributed by atoms with Gasteiger partial charge in [-0.05, 0) is 23.8 Å². The molecule has 0 radical (unpaired) electrons. The molecule has 1 aromatic heterocycles. The molecule has 3 aromatic rings. The number of phenols is 1. The van der Waals surface area contributed by atoms with E-state index in [0.29, 0.717) is 48.6 Å². The Morgan fingerprint density at radius 1 is 1.12 bits per heavy atom. The Morgan fingerprint density at radius 2 is 1.92 bits per heavy atom. The molecule has 2 aromatic carbocycles. The first kappa shape index (κ1) is 16.1. The molecular formula is C19H19FN2O3. The second-order valence-corrected chi connectivity index (χ2v) is 6.23. The molecule has 1 saturated heterocycles. The average molecular weight is 342 g/mol. The van der Waals surface area contributed by atoms with Gasteiger partial charge in [0.2, 0.25) is 0 Å². The third-order valence-corrected chi connectivity index (χ3v) is 4.59. The summed E-state index contributed by atoms with van der Waals surface area (Å²) in [5.41, 5.74) is 2.52. The third kappa shape index (κ3) is 3.23. The predicted octanol–water partition coefficient (Wildman–Crippen LogP) is 3.10. The lowest BCUT2D eigenvalue weighted by Crippen LogP contribution is -2.35. The normalized spacial score (nSPS) is 15.7. The van der Waals surface area contributed by atoms with Crippen LogP contribution < -0.4 is 0 Å². The van der Waals surface area contributed by atoms with Crippen LogP contribution in [0.1, 0.15) is 16.8 Å². The van der Waals surface area contributed by atoms with Crippen LogP contribution >= 0.6 is 0 Å². The second kappa shape index (κ2) is 6.82. The fourth-order valence-corrected chi connectivity index (χ4v) is 3.18. The number of hydrogen-bond donors (Lipinski definition) is 1. The lowest BCUT2D eigenvalue weighted by molar-refractivity contribution is 0.0339. The number of aromatic hydroxyl groups is 1. The van der Waals surface area contributed by atoms with Gasteiger partial charge in [-0.25, -0.2) is 4.39 Å². The molecule has 1 N–H and O–H groups in total. The Hall–Kier alpha value is -2.44. The number of aromatic nitrogens is 1. The van der Waals surface area contributed by atoms with Gasteiger partial charge < -0.3 is 14.4 Å². The van der Waals surface area contributed by atoms with Crippen molar-refractivity contribution in [1.29, 1.82) is 0 Å². The number of benzene rings is 2. The molecule has 0 unspecified atom stereocenters. The summed E-state index contributed by atoms with van der Waals surface area (Å²) in [7, 11) is 0. The van der Waals surface area contributed by atoms with E-state index >= 15 is 0 Å². The maximum atomic E-state index is 13.9. The Morgan fingerprint density at radius 3 is 2.72 bits per heavy atom. The zero-order valence-electron chi connectivity index (χ0n) is 13.7. The molecule has 25 heavy (non-hydrogen) atoms. The molecule has 0 bridgehead atoms. The fourth-order valence-electron chi connectivity index (χ4n) is 3.18. The molecule has 130 valence electrons. The van der Waals surface area contributed by atoms with Crippen molar-refractivity contribution in [1.82, 2.24) is 10.1 Å². The van der Waals surface area contributed by atoms with Crippen LogP contribution in [0, 0.1) is 5.82 Å². The smallest absolute Gasteiger partial charge is 0.175 e. The first-order chi connectivity index (χ1) is 12.2. The van der Waals surface area contributed by atoms with Crippen molar-refractivity contribution in [2.24, 2.45) is 0 Å². The standard InChI is InChI=1S/C19H19FN2O3/c20-16-4-2-1-3-13(16)11-17-14-5-6-18(23)15(19(14)25-21-17)12-22-7-9-24-10-8-22/h1-6,23H,7-12H2. The lowest BCUT2D eigenvalue weighted by atomic mass is 10.0. The Kier molecular flexibility index (Phi) is 4.38. The predicted molar refractivity (Wildman–Crippen MR) is 91.0 cm³/mol. The van der Waals surface area contributed by atoms with E-state index in [2.05, 4.69) is 10.1 Å². The summed E-state index contributed by atoms with van der Waals surface area (Å²) in [6.07, 6.45) is 0.349. The quantitative estimate of drug-likeness (QED) is 0.789. The summed E-state index contributed by atoms with van der Waals surface area (Å²) in [6, 6.07) is 10.1. The zero-order chi connectivity index (χ0) is 17.2. The van der Waals surface area contributed by atoms with Crippen molar-refractivity contribution in [2.45, 2.75) is 13.0 Å². The van der Waals surface area contributed by atoms with Crippen LogP contribution in [0.15, 0.2) is 40.9 Å². The van der Waals surface area contributed by atoms with Gasteiger partial charge in [0.25, 0.3) is 0 Å². The number of nitrogens with zero attached hydrogens (tertiary/aromatic N) is 2. The van der Waals surface area contributed by atoms with Crippen LogP contribution in [0.3, 0.4) is 0 Å². The van der Waals surface area contributed by atoms with Gasteiger partial charge in [-0.15, -0.1) is 0 Å². The zero-order valence-corrected chi connectivity index (χ0v) is 13.7. The maximum Gasteiger partial charge on any atom is 0.175 e. The highest BCUT2D eigenvalue weighted by Gasteiger charge is 2.20. The van der Waals surface area contributed by atoms with Gasteiger partial charge in [0.15, 0.2) is 5.58 Å². The van der Waals surface area contributed by atoms with Crippen molar-refractivity contribution < 1.29 is 18.8 Å². The van der Waals surface area contributed by atoms with Crippen molar-refractivity contribution in [3.63, 3.8) is 0 Å². The molecule has 2 heterocycles. The molecular weight excluding hydrogens is 323 g/mol. The fraction of sp³-hybridized carbons (Fsp3) is 0.316. The van der Waals surface area contributed by atoms with Crippen LogP contribution in [0.25, 0.3) is 11.0 Å². The monoisotopic (exact) mass is 342 g/mol. The van der Waals surface area contributed by atoms with Gasteiger partial charge in [-0.1, -0.05) is 23.4 Å². The molecule has 1 aliphatic rings. The van der Waals surface area contributed by atoms with Gasteiger partial charge in [0.1, 0.15) is 11.6 Å². The van der Waals surface area contributed by atoms with E-state index in [1.807, 2.05) is 0 Å². The highest BCUT2D eigenvalue weighted by atomic mass is 19.1. The van der Waals surface area contributed by atoms with Gasteiger partial charge in [0.05, 0.1) is 24.5 Å². The van der Waals surface area contributed by atoms with Crippen molar-refractivity contribution in [3.8, 4) is 5.75 Å². The number of ether oxygens (including phenoxy) is 1. The molecule has 0 saturated carbocycles. The van der Waals surface area contributed by atoms with Gasteiger partial charge in [-0.2, -0.15) is 0 Å². The number of hydrogen-bond acceptors (Lipinski definition) is 5. The maximum absolute atomic E-state index is 13.9. The van der Waals surface area contributed by atoms with Crippen LogP contribution in [-0.4, -0.2) is 41.5 Å². The Bertz CT molecular complexity index is 888. The highest BCUT2D eigenvalue weighted by Crippen LogP contribution is 2.31. The van der Waals surface area contributed by atoms with Crippen LogP contribution in [0.2, 0.25) is 0 Å². The minimum Gasteiger partial charge on any atom is -0.507 e. The summed E-state index contributed by atoms with van der Waals surface area (Å²) in [5.74, 6) is -0.0708. The number of phenolic OH excluding ortho intramolecular Hbond substituents is 1. The largest absolute Gasteiger partial charge is 0.507 e. The molecule has 4 rings (SSSR count). The summed E-state index contributed by atoms with van der Waals surface area (Å²) < 4.78 is 24.8. The molecule has 0 aliphatic carbocycles. The van der Waals surface area contributed by atoms with E-state index in [1.165, 1.54) is 6.07 Å². The molecule has 1 fully saturated rings. The van der Waals surface area contributed by atoms with Crippen LogP contribution in [0.5, 0.6) is 5.75 Å². The molecule has 0 atom stereocenters. The van der Waals surface area contributed by atoms with E-state index in [9.17, 15) is 9.50 Å². The number of fused-ring (bicyclic) bond motifs is 1. The van der Waals surface area contributed by atoms with E-state index in [1.54, 1.807) is 30.3 Å². The van der Waals surface area contributed by atoms with Gasteiger partial charge in [0, 0.05) is 31.4 Å². The molecule has 6 heteroatoms. The number of morpholine rings is 1. The van der Waals surface area contributed by atoms with Gasteiger partial charge in [-0.3, -0.25) is 4.90 Å².